The van der Waals surface area contributed by atoms with E-state index in [4.69, 9.17) is 9.47 Å². The Kier molecular flexibility index (Phi) is 4.65. The highest BCUT2D eigenvalue weighted by molar-refractivity contribution is 5.92. The number of esters is 1. The van der Waals surface area contributed by atoms with Gasteiger partial charge < -0.3 is 9.47 Å². The lowest BCUT2D eigenvalue weighted by molar-refractivity contribution is 0.0463. The van der Waals surface area contributed by atoms with Gasteiger partial charge in [0, 0.05) is 5.56 Å². The molecule has 2 rings (SSSR count). The first-order chi connectivity index (χ1) is 10.5. The molecule has 0 saturated carbocycles. The van der Waals surface area contributed by atoms with Gasteiger partial charge in [-0.25, -0.2) is 22.4 Å². The summed E-state index contributed by atoms with van der Waals surface area (Å²) in [5.41, 5.74) is -0.548. The van der Waals surface area contributed by atoms with Crippen LogP contribution in [0.3, 0.4) is 0 Å². The van der Waals surface area contributed by atoms with Crippen molar-refractivity contribution in [3.8, 4) is 5.75 Å². The predicted octanol–water partition coefficient (Wildman–Crippen LogP) is 3.61. The molecule has 0 heterocycles. The van der Waals surface area contributed by atoms with E-state index in [2.05, 4.69) is 0 Å². The van der Waals surface area contributed by atoms with Gasteiger partial charge in [0.1, 0.15) is 17.9 Å². The van der Waals surface area contributed by atoms with Gasteiger partial charge in [0.05, 0.1) is 7.11 Å². The van der Waals surface area contributed by atoms with Gasteiger partial charge in [-0.2, -0.15) is 0 Å². The first kappa shape index (κ1) is 15.8. The number of carbonyl (C=O) groups is 1. The molecule has 0 aliphatic carbocycles. The van der Waals surface area contributed by atoms with Gasteiger partial charge in [0.25, 0.3) is 0 Å². The van der Waals surface area contributed by atoms with Gasteiger partial charge in [-0.3, -0.25) is 0 Å². The van der Waals surface area contributed by atoms with Crippen LogP contribution in [0.5, 0.6) is 5.75 Å². The summed E-state index contributed by atoms with van der Waals surface area (Å²) in [7, 11) is 1.34. The van der Waals surface area contributed by atoms with Crippen molar-refractivity contribution in [2.45, 2.75) is 6.61 Å². The van der Waals surface area contributed by atoms with Crippen LogP contribution in [0.1, 0.15) is 15.9 Å². The Balaban J connectivity index is 2.18. The summed E-state index contributed by atoms with van der Waals surface area (Å²) in [6.45, 7) is -0.753. The zero-order valence-corrected chi connectivity index (χ0v) is 11.3. The molecule has 116 valence electrons. The molecule has 0 spiro atoms. The Labute approximate surface area is 123 Å². The molecule has 0 saturated heterocycles. The van der Waals surface area contributed by atoms with Gasteiger partial charge in [0.15, 0.2) is 23.3 Å². The fourth-order valence-corrected chi connectivity index (χ4v) is 1.76. The van der Waals surface area contributed by atoms with E-state index in [0.29, 0.717) is 6.07 Å². The number of benzene rings is 2. The van der Waals surface area contributed by atoms with Gasteiger partial charge in [-0.1, -0.05) is 12.1 Å². The third-order valence-electron chi connectivity index (χ3n) is 2.86. The third-order valence-corrected chi connectivity index (χ3v) is 2.86. The van der Waals surface area contributed by atoms with E-state index in [0.717, 1.165) is 0 Å². The van der Waals surface area contributed by atoms with Crippen molar-refractivity contribution in [3.63, 3.8) is 0 Å². The molecule has 7 heteroatoms. The summed E-state index contributed by atoms with van der Waals surface area (Å²) in [4.78, 5) is 11.9. The monoisotopic (exact) mass is 314 g/mol. The molecule has 0 fully saturated rings. The molecule has 3 nitrogen and oxygen atoms in total. The first-order valence-corrected chi connectivity index (χ1v) is 6.07. The maximum absolute atomic E-state index is 13.4. The maximum Gasteiger partial charge on any atom is 0.342 e. The number of ether oxygens (including phenoxy) is 2. The summed E-state index contributed by atoms with van der Waals surface area (Å²) in [6.07, 6.45) is 0. The minimum Gasteiger partial charge on any atom is -0.496 e. The van der Waals surface area contributed by atoms with Crippen molar-refractivity contribution in [3.05, 3.63) is 64.7 Å². The van der Waals surface area contributed by atoms with Crippen molar-refractivity contribution in [2.24, 2.45) is 0 Å². The lowest BCUT2D eigenvalue weighted by Gasteiger charge is -2.09. The number of hydrogen-bond acceptors (Lipinski definition) is 3. The molecule has 0 aliphatic heterocycles. The normalized spacial score (nSPS) is 10.4. The zero-order chi connectivity index (χ0) is 16.3. The second-order valence-electron chi connectivity index (χ2n) is 4.24. The molecule has 2 aromatic carbocycles. The van der Waals surface area contributed by atoms with Crippen molar-refractivity contribution in [2.75, 3.05) is 7.11 Å². The minimum atomic E-state index is -1.96. The Bertz CT molecular complexity index is 716. The molecule has 0 aliphatic rings. The van der Waals surface area contributed by atoms with Crippen molar-refractivity contribution in [1.29, 1.82) is 0 Å². The van der Waals surface area contributed by atoms with Crippen LogP contribution in [0, 0.1) is 23.3 Å². The van der Waals surface area contributed by atoms with E-state index in [-0.39, 0.29) is 11.3 Å². The molecular formula is C15H10F4O3. The third kappa shape index (κ3) is 3.03. The van der Waals surface area contributed by atoms with Crippen LogP contribution in [0.4, 0.5) is 17.6 Å². The lowest BCUT2D eigenvalue weighted by atomic mass is 10.2. The Hall–Kier alpha value is -2.57. The SMILES string of the molecule is COc1ccccc1C(=O)OCc1cc(F)c(F)c(F)c1F. The standard InChI is InChI=1S/C15H10F4O3/c1-21-11-5-3-2-4-9(11)15(20)22-7-8-6-10(16)13(18)14(19)12(8)17/h2-6H,7H2,1H3. The van der Waals surface area contributed by atoms with E-state index in [1.54, 1.807) is 12.1 Å². The highest BCUT2D eigenvalue weighted by Gasteiger charge is 2.20. The predicted molar refractivity (Wildman–Crippen MR) is 68.4 cm³/mol. The molecule has 0 atom stereocenters. The number of hydrogen-bond donors (Lipinski definition) is 0. The smallest absolute Gasteiger partial charge is 0.342 e. The topological polar surface area (TPSA) is 35.5 Å². The molecule has 22 heavy (non-hydrogen) atoms. The average Bonchev–Trinajstić information content (AvgIpc) is 2.54. The molecule has 0 unspecified atom stereocenters. The highest BCUT2D eigenvalue weighted by Crippen LogP contribution is 2.22. The molecular weight excluding hydrogens is 304 g/mol. The number of carbonyl (C=O) groups excluding carboxylic acids is 1. The first-order valence-electron chi connectivity index (χ1n) is 6.07. The summed E-state index contributed by atoms with van der Waals surface area (Å²) in [5, 5.41) is 0. The quantitative estimate of drug-likeness (QED) is 0.374. The number of methoxy groups -OCH3 is 1. The number of rotatable bonds is 4. The molecule has 0 aromatic heterocycles. The van der Waals surface area contributed by atoms with Crippen LogP contribution < -0.4 is 4.74 Å². The second-order valence-corrected chi connectivity index (χ2v) is 4.24. The Morgan fingerprint density at radius 1 is 1.05 bits per heavy atom. The minimum absolute atomic E-state index is 0.0634. The van der Waals surface area contributed by atoms with Crippen LogP contribution in [-0.4, -0.2) is 13.1 Å². The molecule has 0 radical (unpaired) electrons. The van der Waals surface area contributed by atoms with Gasteiger partial charge in [-0.05, 0) is 18.2 Å². The fourth-order valence-electron chi connectivity index (χ4n) is 1.76. The molecule has 0 bridgehead atoms. The van der Waals surface area contributed by atoms with Crippen molar-refractivity contribution >= 4 is 5.97 Å². The van der Waals surface area contributed by atoms with Crippen LogP contribution in [-0.2, 0) is 11.3 Å². The van der Waals surface area contributed by atoms with E-state index >= 15 is 0 Å². The lowest BCUT2D eigenvalue weighted by Crippen LogP contribution is -2.09. The summed E-state index contributed by atoms with van der Waals surface area (Å²) < 4.78 is 62.1. The van der Waals surface area contributed by atoms with Gasteiger partial charge in [-0.15, -0.1) is 0 Å². The summed E-state index contributed by atoms with van der Waals surface area (Å²) in [5.74, 6) is -7.69. The number of halogens is 4. The van der Waals surface area contributed by atoms with E-state index in [9.17, 15) is 22.4 Å². The average molecular weight is 314 g/mol. The molecule has 0 amide bonds. The molecule has 2 aromatic rings. The zero-order valence-electron chi connectivity index (χ0n) is 11.3. The van der Waals surface area contributed by atoms with Crippen molar-refractivity contribution < 1.29 is 31.8 Å². The fraction of sp³-hybridized carbons (Fsp3) is 0.133. The number of para-hydroxylation sites is 1. The van der Waals surface area contributed by atoms with Gasteiger partial charge in [0.2, 0.25) is 0 Å². The summed E-state index contributed by atoms with van der Waals surface area (Å²) >= 11 is 0. The Morgan fingerprint density at radius 3 is 2.41 bits per heavy atom. The van der Waals surface area contributed by atoms with Crippen LogP contribution >= 0.6 is 0 Å². The highest BCUT2D eigenvalue weighted by atomic mass is 19.2. The van der Waals surface area contributed by atoms with Crippen LogP contribution in [0.15, 0.2) is 30.3 Å². The maximum atomic E-state index is 13.4. The van der Waals surface area contributed by atoms with Crippen LogP contribution in [0.2, 0.25) is 0 Å². The van der Waals surface area contributed by atoms with E-state index < -0.39 is 41.4 Å². The summed E-state index contributed by atoms with van der Waals surface area (Å²) in [6, 6.07) is 6.53. The van der Waals surface area contributed by atoms with E-state index in [1.807, 2.05) is 0 Å². The Morgan fingerprint density at radius 2 is 1.73 bits per heavy atom. The van der Waals surface area contributed by atoms with Crippen molar-refractivity contribution in [1.82, 2.24) is 0 Å². The van der Waals surface area contributed by atoms with Crippen LogP contribution in [0.25, 0.3) is 0 Å². The van der Waals surface area contributed by atoms with Gasteiger partial charge >= 0.3 is 5.97 Å². The molecule has 0 N–H and O–H groups in total. The second kappa shape index (κ2) is 6.46. The largest absolute Gasteiger partial charge is 0.496 e. The van der Waals surface area contributed by atoms with E-state index in [1.165, 1.54) is 19.2 Å².